The van der Waals surface area contributed by atoms with Gasteiger partial charge < -0.3 is 5.32 Å². The molecule has 2 aromatic carbocycles. The number of carbonyl (C=O) groups excluding carboxylic acids is 1. The SMILES string of the molecule is O=C(NC(=S)Nc1cccc(F)c1)c1ccccc1[N+](=O)[O-]. The van der Waals surface area contributed by atoms with Crippen LogP contribution in [0, 0.1) is 15.9 Å². The molecule has 0 atom stereocenters. The third-order valence-corrected chi connectivity index (χ3v) is 2.86. The van der Waals surface area contributed by atoms with Crippen molar-refractivity contribution in [3.63, 3.8) is 0 Å². The van der Waals surface area contributed by atoms with E-state index >= 15 is 0 Å². The predicted molar refractivity (Wildman–Crippen MR) is 83.2 cm³/mol. The van der Waals surface area contributed by atoms with Crippen molar-refractivity contribution in [3.8, 4) is 0 Å². The number of halogens is 1. The Morgan fingerprint density at radius 3 is 2.59 bits per heavy atom. The van der Waals surface area contributed by atoms with Crippen LogP contribution in [0.15, 0.2) is 48.5 Å². The lowest BCUT2D eigenvalue weighted by atomic mass is 10.1. The highest BCUT2D eigenvalue weighted by Gasteiger charge is 2.19. The molecule has 0 radical (unpaired) electrons. The van der Waals surface area contributed by atoms with Gasteiger partial charge in [-0.15, -0.1) is 0 Å². The summed E-state index contributed by atoms with van der Waals surface area (Å²) in [5.41, 5.74) is -0.0858. The second-order valence-corrected chi connectivity index (χ2v) is 4.60. The van der Waals surface area contributed by atoms with Gasteiger partial charge >= 0.3 is 0 Å². The zero-order valence-corrected chi connectivity index (χ0v) is 11.9. The van der Waals surface area contributed by atoms with E-state index in [-0.39, 0.29) is 16.4 Å². The topological polar surface area (TPSA) is 84.3 Å². The maximum absolute atomic E-state index is 13.0. The molecule has 0 unspecified atom stereocenters. The first kappa shape index (κ1) is 15.5. The van der Waals surface area contributed by atoms with Crippen LogP contribution in [0.3, 0.4) is 0 Å². The van der Waals surface area contributed by atoms with Crippen molar-refractivity contribution in [1.82, 2.24) is 5.32 Å². The minimum atomic E-state index is -0.721. The molecule has 22 heavy (non-hydrogen) atoms. The molecule has 0 aromatic heterocycles. The van der Waals surface area contributed by atoms with Crippen LogP contribution in [0.1, 0.15) is 10.4 Å². The third-order valence-electron chi connectivity index (χ3n) is 2.65. The number of nitro benzene ring substituents is 1. The molecule has 0 fully saturated rings. The van der Waals surface area contributed by atoms with E-state index in [9.17, 15) is 19.3 Å². The smallest absolute Gasteiger partial charge is 0.282 e. The lowest BCUT2D eigenvalue weighted by molar-refractivity contribution is -0.385. The summed E-state index contributed by atoms with van der Waals surface area (Å²) in [6.07, 6.45) is 0. The summed E-state index contributed by atoms with van der Waals surface area (Å²) in [4.78, 5) is 22.2. The van der Waals surface area contributed by atoms with Gasteiger partial charge in [-0.1, -0.05) is 18.2 Å². The number of carbonyl (C=O) groups is 1. The number of anilines is 1. The third kappa shape index (κ3) is 3.83. The minimum Gasteiger partial charge on any atom is -0.332 e. The van der Waals surface area contributed by atoms with Gasteiger partial charge in [0.05, 0.1) is 4.92 Å². The Hall–Kier alpha value is -2.87. The average molecular weight is 319 g/mol. The molecule has 0 aliphatic rings. The van der Waals surface area contributed by atoms with Gasteiger partial charge in [-0.05, 0) is 36.5 Å². The minimum absolute atomic E-state index is 0.0891. The lowest BCUT2D eigenvalue weighted by Crippen LogP contribution is -2.34. The Morgan fingerprint density at radius 1 is 1.18 bits per heavy atom. The van der Waals surface area contributed by atoms with E-state index in [0.717, 1.165) is 0 Å². The molecule has 2 N–H and O–H groups in total. The van der Waals surface area contributed by atoms with Crippen LogP contribution in [-0.2, 0) is 0 Å². The van der Waals surface area contributed by atoms with Crippen molar-refractivity contribution in [2.24, 2.45) is 0 Å². The van der Waals surface area contributed by atoms with E-state index < -0.39 is 16.6 Å². The Balaban J connectivity index is 2.09. The number of nitrogens with zero attached hydrogens (tertiary/aromatic N) is 1. The summed E-state index contributed by atoms with van der Waals surface area (Å²) in [5.74, 6) is -1.18. The number of hydrogen-bond acceptors (Lipinski definition) is 4. The van der Waals surface area contributed by atoms with E-state index in [0.29, 0.717) is 5.69 Å². The molecule has 112 valence electrons. The first-order valence-corrected chi connectivity index (χ1v) is 6.49. The van der Waals surface area contributed by atoms with Crippen molar-refractivity contribution >= 4 is 34.6 Å². The van der Waals surface area contributed by atoms with Crippen LogP contribution < -0.4 is 10.6 Å². The fraction of sp³-hybridized carbons (Fsp3) is 0. The van der Waals surface area contributed by atoms with Crippen molar-refractivity contribution < 1.29 is 14.1 Å². The molecule has 1 amide bonds. The predicted octanol–water partition coefficient (Wildman–Crippen LogP) is 2.86. The fourth-order valence-corrected chi connectivity index (χ4v) is 1.93. The Labute approximate surface area is 130 Å². The highest BCUT2D eigenvalue weighted by molar-refractivity contribution is 7.80. The number of nitrogens with one attached hydrogen (secondary N) is 2. The van der Waals surface area contributed by atoms with Crippen LogP contribution in [0.5, 0.6) is 0 Å². The van der Waals surface area contributed by atoms with Crippen LogP contribution >= 0.6 is 12.2 Å². The number of rotatable bonds is 3. The highest BCUT2D eigenvalue weighted by atomic mass is 32.1. The molecule has 0 saturated heterocycles. The van der Waals surface area contributed by atoms with Crippen LogP contribution in [-0.4, -0.2) is 15.9 Å². The largest absolute Gasteiger partial charge is 0.332 e. The fourth-order valence-electron chi connectivity index (χ4n) is 1.72. The normalized spacial score (nSPS) is 9.86. The molecule has 0 saturated carbocycles. The first-order valence-electron chi connectivity index (χ1n) is 6.08. The molecule has 2 aromatic rings. The number of nitro groups is 1. The Bertz CT molecular complexity index is 752. The quantitative estimate of drug-likeness (QED) is 0.516. The molecular formula is C14H10FN3O3S. The van der Waals surface area contributed by atoms with Gasteiger partial charge in [0.2, 0.25) is 0 Å². The number of benzene rings is 2. The first-order chi connectivity index (χ1) is 10.5. The molecular weight excluding hydrogens is 309 g/mol. The summed E-state index contributed by atoms with van der Waals surface area (Å²) in [6.45, 7) is 0. The molecule has 6 nitrogen and oxygen atoms in total. The molecule has 0 heterocycles. The molecule has 0 spiro atoms. The summed E-state index contributed by atoms with van der Waals surface area (Å²) in [7, 11) is 0. The molecule has 0 aliphatic carbocycles. The average Bonchev–Trinajstić information content (AvgIpc) is 2.47. The van der Waals surface area contributed by atoms with Crippen LogP contribution in [0.2, 0.25) is 0 Å². The van der Waals surface area contributed by atoms with E-state index in [2.05, 4.69) is 10.6 Å². The second kappa shape index (κ2) is 6.72. The standard InChI is InChI=1S/C14H10FN3O3S/c15-9-4-3-5-10(8-9)16-14(22)17-13(19)11-6-1-2-7-12(11)18(20)21/h1-8H,(H2,16,17,19,22). The maximum atomic E-state index is 13.0. The summed E-state index contributed by atoms with van der Waals surface area (Å²) >= 11 is 4.93. The van der Waals surface area contributed by atoms with Gasteiger partial charge in [0.1, 0.15) is 11.4 Å². The molecule has 2 rings (SSSR count). The molecule has 8 heteroatoms. The molecule has 0 bridgehead atoms. The number of hydrogen-bond donors (Lipinski definition) is 2. The van der Waals surface area contributed by atoms with Crippen molar-refractivity contribution in [2.45, 2.75) is 0 Å². The van der Waals surface area contributed by atoms with Crippen LogP contribution in [0.4, 0.5) is 15.8 Å². The number of amides is 1. The van der Waals surface area contributed by atoms with Crippen molar-refractivity contribution in [1.29, 1.82) is 0 Å². The zero-order chi connectivity index (χ0) is 16.1. The monoisotopic (exact) mass is 319 g/mol. The van der Waals surface area contributed by atoms with E-state index in [1.807, 2.05) is 0 Å². The summed E-state index contributed by atoms with van der Waals surface area (Å²) < 4.78 is 13.0. The van der Waals surface area contributed by atoms with E-state index in [1.165, 1.54) is 42.5 Å². The summed E-state index contributed by atoms with van der Waals surface area (Å²) in [5, 5.41) is 15.7. The van der Waals surface area contributed by atoms with Gasteiger partial charge in [0, 0.05) is 11.8 Å². The van der Waals surface area contributed by atoms with Gasteiger partial charge in [-0.25, -0.2) is 4.39 Å². The summed E-state index contributed by atoms with van der Waals surface area (Å²) in [6, 6.07) is 11.0. The van der Waals surface area contributed by atoms with Crippen molar-refractivity contribution in [3.05, 3.63) is 70.0 Å². The number of para-hydroxylation sites is 1. The number of thiocarbonyl (C=S) groups is 1. The maximum Gasteiger partial charge on any atom is 0.282 e. The van der Waals surface area contributed by atoms with E-state index in [1.54, 1.807) is 6.07 Å². The van der Waals surface area contributed by atoms with Gasteiger partial charge in [-0.2, -0.15) is 0 Å². The second-order valence-electron chi connectivity index (χ2n) is 4.19. The zero-order valence-electron chi connectivity index (χ0n) is 11.1. The van der Waals surface area contributed by atoms with Crippen molar-refractivity contribution in [2.75, 3.05) is 5.32 Å². The van der Waals surface area contributed by atoms with Gasteiger partial charge in [0.15, 0.2) is 5.11 Å². The van der Waals surface area contributed by atoms with E-state index in [4.69, 9.17) is 12.2 Å². The molecule has 0 aliphatic heterocycles. The Kier molecular flexibility index (Phi) is 4.74. The highest BCUT2D eigenvalue weighted by Crippen LogP contribution is 2.17. The van der Waals surface area contributed by atoms with Gasteiger partial charge in [0.25, 0.3) is 11.6 Å². The van der Waals surface area contributed by atoms with Gasteiger partial charge in [-0.3, -0.25) is 20.2 Å². The lowest BCUT2D eigenvalue weighted by Gasteiger charge is -2.09. The van der Waals surface area contributed by atoms with Crippen LogP contribution in [0.25, 0.3) is 0 Å². The Morgan fingerprint density at radius 2 is 1.91 bits per heavy atom.